The number of likely N-dealkylation sites (tertiary alicyclic amines) is 1. The summed E-state index contributed by atoms with van der Waals surface area (Å²) >= 11 is 0. The van der Waals surface area contributed by atoms with E-state index in [-0.39, 0.29) is 0 Å². The molecule has 2 aromatic rings. The van der Waals surface area contributed by atoms with Gasteiger partial charge in [0.2, 0.25) is 0 Å². The molecule has 0 unspecified atom stereocenters. The fourth-order valence-electron chi connectivity index (χ4n) is 3.12. The maximum Gasteiger partial charge on any atom is 0.183 e. The zero-order valence-corrected chi connectivity index (χ0v) is 13.1. The highest BCUT2D eigenvalue weighted by Crippen LogP contribution is 2.32. The molecular formula is C16H22N4O2. The van der Waals surface area contributed by atoms with E-state index in [1.165, 1.54) is 18.5 Å². The molecule has 3 rings (SSSR count). The Bertz CT molecular complexity index is 600. The van der Waals surface area contributed by atoms with Crippen LogP contribution >= 0.6 is 0 Å². The van der Waals surface area contributed by atoms with Crippen LogP contribution in [0.2, 0.25) is 0 Å². The first-order valence-electron chi connectivity index (χ1n) is 7.59. The summed E-state index contributed by atoms with van der Waals surface area (Å²) < 4.78 is 10.8. The van der Waals surface area contributed by atoms with Gasteiger partial charge in [0, 0.05) is 43.2 Å². The van der Waals surface area contributed by atoms with E-state index in [1.54, 1.807) is 20.4 Å². The second-order valence-corrected chi connectivity index (χ2v) is 5.58. The van der Waals surface area contributed by atoms with Gasteiger partial charge in [0.15, 0.2) is 11.5 Å². The quantitative estimate of drug-likeness (QED) is 0.917. The number of hydrogen-bond donors (Lipinski definition) is 1. The van der Waals surface area contributed by atoms with Crippen LogP contribution in [-0.2, 0) is 6.54 Å². The first-order chi connectivity index (χ1) is 10.8. The lowest BCUT2D eigenvalue weighted by Crippen LogP contribution is -2.34. The third kappa shape index (κ3) is 3.06. The molecule has 0 aromatic carbocycles. The van der Waals surface area contributed by atoms with Gasteiger partial charge in [-0.2, -0.15) is 5.10 Å². The number of nitrogens with zero attached hydrogens (tertiary/aromatic N) is 3. The number of aromatic amines is 1. The number of hydrogen-bond acceptors (Lipinski definition) is 5. The Morgan fingerprint density at radius 1 is 1.27 bits per heavy atom. The Kier molecular flexibility index (Phi) is 4.58. The van der Waals surface area contributed by atoms with E-state index in [9.17, 15) is 0 Å². The Morgan fingerprint density at radius 3 is 2.91 bits per heavy atom. The maximum atomic E-state index is 5.48. The van der Waals surface area contributed by atoms with Gasteiger partial charge in [0.25, 0.3) is 0 Å². The lowest BCUT2D eigenvalue weighted by molar-refractivity contribution is 0.193. The van der Waals surface area contributed by atoms with E-state index in [0.717, 1.165) is 36.8 Å². The second-order valence-electron chi connectivity index (χ2n) is 5.58. The molecule has 0 aliphatic carbocycles. The van der Waals surface area contributed by atoms with Crippen LogP contribution in [0.15, 0.2) is 24.5 Å². The van der Waals surface area contributed by atoms with E-state index in [4.69, 9.17) is 9.47 Å². The number of H-pyrrole nitrogens is 1. The molecule has 118 valence electrons. The molecule has 1 saturated heterocycles. The standard InChI is InChI=1S/C16H22N4O2/c1-21-15-6-7-17-14(16(15)22-2)11-20-9-3-4-12(10-20)13-5-8-18-19-13/h5-8,12H,3-4,9-11H2,1-2H3,(H,18,19)/t12-/m0/s1. The molecule has 0 amide bonds. The van der Waals surface area contributed by atoms with Gasteiger partial charge in [0.1, 0.15) is 5.69 Å². The van der Waals surface area contributed by atoms with Gasteiger partial charge in [-0.25, -0.2) is 0 Å². The van der Waals surface area contributed by atoms with Gasteiger partial charge in [-0.3, -0.25) is 15.0 Å². The highest BCUT2D eigenvalue weighted by atomic mass is 16.5. The first kappa shape index (κ1) is 14.8. The highest BCUT2D eigenvalue weighted by molar-refractivity contribution is 5.42. The molecular weight excluding hydrogens is 280 g/mol. The molecule has 1 N–H and O–H groups in total. The zero-order chi connectivity index (χ0) is 15.4. The average Bonchev–Trinajstić information content (AvgIpc) is 3.09. The van der Waals surface area contributed by atoms with Crippen molar-refractivity contribution in [1.29, 1.82) is 0 Å². The highest BCUT2D eigenvalue weighted by Gasteiger charge is 2.24. The van der Waals surface area contributed by atoms with Gasteiger partial charge in [-0.05, 0) is 25.5 Å². The van der Waals surface area contributed by atoms with Crippen molar-refractivity contribution < 1.29 is 9.47 Å². The minimum Gasteiger partial charge on any atom is -0.493 e. The van der Waals surface area contributed by atoms with Crippen LogP contribution in [0.1, 0.15) is 30.1 Å². The molecule has 2 aromatic heterocycles. The summed E-state index contributed by atoms with van der Waals surface area (Å²) in [5.41, 5.74) is 2.14. The van der Waals surface area contributed by atoms with E-state index in [2.05, 4.69) is 26.1 Å². The van der Waals surface area contributed by atoms with E-state index in [0.29, 0.717) is 5.92 Å². The Morgan fingerprint density at radius 2 is 2.18 bits per heavy atom. The SMILES string of the molecule is COc1ccnc(CN2CCC[C@H](c3ccn[nH]3)C2)c1OC. The van der Waals surface area contributed by atoms with Gasteiger partial charge in [-0.1, -0.05) is 0 Å². The number of rotatable bonds is 5. The summed E-state index contributed by atoms with van der Waals surface area (Å²) in [5.74, 6) is 1.97. The fraction of sp³-hybridized carbons (Fsp3) is 0.500. The Labute approximate surface area is 130 Å². The predicted octanol–water partition coefficient (Wildman–Crippen LogP) is 2.20. The Hall–Kier alpha value is -2.08. The minimum absolute atomic E-state index is 0.507. The molecule has 0 bridgehead atoms. The summed E-state index contributed by atoms with van der Waals surface area (Å²) in [6.07, 6.45) is 5.96. The molecule has 1 aliphatic rings. The van der Waals surface area contributed by atoms with Crippen molar-refractivity contribution in [2.45, 2.75) is 25.3 Å². The van der Waals surface area contributed by atoms with E-state index >= 15 is 0 Å². The van der Waals surface area contributed by atoms with Crippen LogP contribution in [0.5, 0.6) is 11.5 Å². The van der Waals surface area contributed by atoms with Crippen molar-refractivity contribution in [3.8, 4) is 11.5 Å². The molecule has 3 heterocycles. The van der Waals surface area contributed by atoms with Crippen molar-refractivity contribution in [2.24, 2.45) is 0 Å². The van der Waals surface area contributed by atoms with Gasteiger partial charge >= 0.3 is 0 Å². The third-order valence-corrected chi connectivity index (χ3v) is 4.21. The van der Waals surface area contributed by atoms with Crippen molar-refractivity contribution in [3.05, 3.63) is 35.9 Å². The van der Waals surface area contributed by atoms with Gasteiger partial charge in [-0.15, -0.1) is 0 Å². The maximum absolute atomic E-state index is 5.48. The van der Waals surface area contributed by atoms with Crippen molar-refractivity contribution in [2.75, 3.05) is 27.3 Å². The summed E-state index contributed by atoms with van der Waals surface area (Å²) in [5, 5.41) is 7.16. The smallest absolute Gasteiger partial charge is 0.183 e. The number of ether oxygens (including phenoxy) is 2. The van der Waals surface area contributed by atoms with Crippen LogP contribution < -0.4 is 9.47 Å². The number of methoxy groups -OCH3 is 2. The lowest BCUT2D eigenvalue weighted by Gasteiger charge is -2.32. The molecule has 1 fully saturated rings. The monoisotopic (exact) mass is 302 g/mol. The largest absolute Gasteiger partial charge is 0.493 e. The predicted molar refractivity (Wildman–Crippen MR) is 83.2 cm³/mol. The normalized spacial score (nSPS) is 19.1. The molecule has 0 spiro atoms. The van der Waals surface area contributed by atoms with E-state index < -0.39 is 0 Å². The summed E-state index contributed by atoms with van der Waals surface area (Å²) in [4.78, 5) is 6.89. The lowest BCUT2D eigenvalue weighted by atomic mass is 9.95. The first-order valence-corrected chi connectivity index (χ1v) is 7.59. The second kappa shape index (κ2) is 6.79. The number of piperidine rings is 1. The van der Waals surface area contributed by atoms with Crippen LogP contribution in [0.4, 0.5) is 0 Å². The number of nitrogens with one attached hydrogen (secondary N) is 1. The summed E-state index contributed by atoms with van der Waals surface area (Å²) in [6.45, 7) is 2.85. The molecule has 22 heavy (non-hydrogen) atoms. The van der Waals surface area contributed by atoms with Crippen LogP contribution in [0.3, 0.4) is 0 Å². The molecule has 0 saturated carbocycles. The molecule has 6 heteroatoms. The number of pyridine rings is 1. The Balaban J connectivity index is 1.73. The van der Waals surface area contributed by atoms with Gasteiger partial charge in [0.05, 0.1) is 14.2 Å². The summed E-state index contributed by atoms with van der Waals surface area (Å²) in [7, 11) is 3.31. The zero-order valence-electron chi connectivity index (χ0n) is 13.1. The van der Waals surface area contributed by atoms with Gasteiger partial charge < -0.3 is 9.47 Å². The molecule has 6 nitrogen and oxygen atoms in total. The number of aromatic nitrogens is 3. The van der Waals surface area contributed by atoms with Crippen LogP contribution in [0.25, 0.3) is 0 Å². The van der Waals surface area contributed by atoms with Crippen LogP contribution in [-0.4, -0.2) is 47.4 Å². The van der Waals surface area contributed by atoms with Crippen LogP contribution in [0, 0.1) is 0 Å². The van der Waals surface area contributed by atoms with Crippen molar-refractivity contribution in [1.82, 2.24) is 20.1 Å². The molecule has 1 aliphatic heterocycles. The average molecular weight is 302 g/mol. The third-order valence-electron chi connectivity index (χ3n) is 4.21. The van der Waals surface area contributed by atoms with Crippen molar-refractivity contribution in [3.63, 3.8) is 0 Å². The molecule has 1 atom stereocenters. The topological polar surface area (TPSA) is 63.3 Å². The van der Waals surface area contributed by atoms with E-state index in [1.807, 2.05) is 12.3 Å². The fourth-order valence-corrected chi connectivity index (χ4v) is 3.12. The summed E-state index contributed by atoms with van der Waals surface area (Å²) in [6, 6.07) is 3.89. The molecule has 0 radical (unpaired) electrons. The van der Waals surface area contributed by atoms with Crippen molar-refractivity contribution >= 4 is 0 Å². The minimum atomic E-state index is 0.507.